The highest BCUT2D eigenvalue weighted by Gasteiger charge is 2.09. The highest BCUT2D eigenvalue weighted by atomic mass is 35.5. The summed E-state index contributed by atoms with van der Waals surface area (Å²) >= 11 is 0. The molecule has 0 bridgehead atoms. The number of rotatable bonds is 7. The normalized spacial score (nSPS) is 10.9. The number of hydrogen-bond acceptors (Lipinski definition) is 5. The fraction of sp³-hybridized carbons (Fsp3) is 1.00. The molecule has 0 aliphatic carbocycles. The summed E-state index contributed by atoms with van der Waals surface area (Å²) < 4.78 is 22.3. The third kappa shape index (κ3) is 10.4. The van der Waals surface area contributed by atoms with Crippen molar-refractivity contribution in [1.29, 1.82) is 0 Å². The Bertz CT molecular complexity index is 197. The van der Waals surface area contributed by atoms with Crippen molar-refractivity contribution in [1.82, 2.24) is 10.6 Å². The first-order chi connectivity index (χ1) is 5.62. The molecule has 0 rings (SSSR count). The van der Waals surface area contributed by atoms with Crippen LogP contribution in [0.25, 0.3) is 0 Å². The SMILES string of the molecule is CNCCSS(=O)(=O)CCNC.Cl. The highest BCUT2D eigenvalue weighted by molar-refractivity contribution is 8.72. The molecule has 0 radical (unpaired) electrons. The molecule has 0 heterocycles. The Kier molecular flexibility index (Phi) is 11.1. The summed E-state index contributed by atoms with van der Waals surface area (Å²) in [6.07, 6.45) is 0. The van der Waals surface area contributed by atoms with Crippen LogP contribution in [0.3, 0.4) is 0 Å². The van der Waals surface area contributed by atoms with Crippen LogP contribution in [0, 0.1) is 0 Å². The van der Waals surface area contributed by atoms with Gasteiger partial charge in [0.1, 0.15) is 0 Å². The Morgan fingerprint density at radius 2 is 1.69 bits per heavy atom. The third-order valence-corrected chi connectivity index (χ3v) is 4.73. The summed E-state index contributed by atoms with van der Waals surface area (Å²) in [5.41, 5.74) is 0. The Morgan fingerprint density at radius 3 is 2.15 bits per heavy atom. The summed E-state index contributed by atoms with van der Waals surface area (Å²) in [6, 6.07) is 0. The van der Waals surface area contributed by atoms with Crippen molar-refractivity contribution in [3.05, 3.63) is 0 Å². The maximum absolute atomic E-state index is 11.2. The summed E-state index contributed by atoms with van der Waals surface area (Å²) in [7, 11) is 1.66. The van der Waals surface area contributed by atoms with Crippen molar-refractivity contribution in [2.75, 3.05) is 38.7 Å². The van der Waals surface area contributed by atoms with E-state index in [4.69, 9.17) is 0 Å². The van der Waals surface area contributed by atoms with Gasteiger partial charge in [-0.3, -0.25) is 0 Å². The second-order valence-electron chi connectivity index (χ2n) is 2.29. The lowest BCUT2D eigenvalue weighted by molar-refractivity contribution is 0.608. The third-order valence-electron chi connectivity index (χ3n) is 1.22. The van der Waals surface area contributed by atoms with Gasteiger partial charge >= 0.3 is 0 Å². The Hall–Kier alpha value is 0.510. The van der Waals surface area contributed by atoms with Gasteiger partial charge in [0.25, 0.3) is 0 Å². The van der Waals surface area contributed by atoms with E-state index >= 15 is 0 Å². The maximum Gasteiger partial charge on any atom is 0.202 e. The maximum atomic E-state index is 11.2. The zero-order valence-electron chi connectivity index (χ0n) is 7.87. The topological polar surface area (TPSA) is 58.2 Å². The Balaban J connectivity index is 0. The predicted octanol–water partition coefficient (Wildman–Crippen LogP) is -0.0900. The Morgan fingerprint density at radius 1 is 1.15 bits per heavy atom. The van der Waals surface area contributed by atoms with Gasteiger partial charge in [-0.1, -0.05) is 0 Å². The molecule has 7 heteroatoms. The molecule has 0 saturated heterocycles. The van der Waals surface area contributed by atoms with E-state index in [9.17, 15) is 8.42 Å². The molecule has 13 heavy (non-hydrogen) atoms. The zero-order chi connectivity index (χ0) is 9.45. The molecule has 0 atom stereocenters. The van der Waals surface area contributed by atoms with Crippen molar-refractivity contribution in [3.63, 3.8) is 0 Å². The van der Waals surface area contributed by atoms with Crippen LogP contribution in [0.5, 0.6) is 0 Å². The number of nitrogens with one attached hydrogen (secondary N) is 2. The standard InChI is InChI=1S/C6H16N2O2S2.ClH/c1-7-3-5-11-12(9,10)6-4-8-2;/h7-8H,3-6H2,1-2H3;1H. The summed E-state index contributed by atoms with van der Waals surface area (Å²) in [4.78, 5) is 0. The lowest BCUT2D eigenvalue weighted by Gasteiger charge is -2.02. The van der Waals surface area contributed by atoms with E-state index in [0.717, 1.165) is 17.3 Å². The van der Waals surface area contributed by atoms with E-state index in [2.05, 4.69) is 10.6 Å². The average molecular weight is 249 g/mol. The van der Waals surface area contributed by atoms with E-state index in [-0.39, 0.29) is 18.2 Å². The van der Waals surface area contributed by atoms with E-state index in [1.165, 1.54) is 0 Å². The molecular weight excluding hydrogens is 232 g/mol. The summed E-state index contributed by atoms with van der Waals surface area (Å²) in [5, 5.41) is 5.70. The molecule has 0 spiro atoms. The molecule has 82 valence electrons. The quantitative estimate of drug-likeness (QED) is 0.487. The minimum absolute atomic E-state index is 0. The van der Waals surface area contributed by atoms with E-state index in [1.807, 2.05) is 0 Å². The predicted molar refractivity (Wildman–Crippen MR) is 61.3 cm³/mol. The smallest absolute Gasteiger partial charge is 0.202 e. The molecule has 0 aromatic heterocycles. The molecule has 4 nitrogen and oxygen atoms in total. The van der Waals surface area contributed by atoms with Crippen LogP contribution in [0.1, 0.15) is 0 Å². The van der Waals surface area contributed by atoms with Gasteiger partial charge in [-0.05, 0) is 24.9 Å². The molecular formula is C6H17ClN2O2S2. The number of hydrogen-bond donors (Lipinski definition) is 2. The molecule has 0 unspecified atom stereocenters. The van der Waals surface area contributed by atoms with Crippen LogP contribution in [0.2, 0.25) is 0 Å². The molecule has 0 saturated carbocycles. The second-order valence-corrected chi connectivity index (χ2v) is 6.69. The van der Waals surface area contributed by atoms with Crippen molar-refractivity contribution >= 4 is 32.1 Å². The molecule has 0 fully saturated rings. The van der Waals surface area contributed by atoms with Crippen molar-refractivity contribution in [3.8, 4) is 0 Å². The van der Waals surface area contributed by atoms with Gasteiger partial charge in [-0.15, -0.1) is 12.4 Å². The molecule has 0 aromatic carbocycles. The summed E-state index contributed by atoms with van der Waals surface area (Å²) in [5.74, 6) is 0.820. The van der Waals surface area contributed by atoms with Gasteiger partial charge in [0, 0.05) is 18.8 Å². The lowest BCUT2D eigenvalue weighted by atomic mass is 10.8. The summed E-state index contributed by atoms with van der Waals surface area (Å²) in [6.45, 7) is 1.25. The molecule has 2 N–H and O–H groups in total. The van der Waals surface area contributed by atoms with Gasteiger partial charge in [-0.25, -0.2) is 8.42 Å². The molecule has 0 aliphatic rings. The van der Waals surface area contributed by atoms with Crippen molar-refractivity contribution in [2.45, 2.75) is 0 Å². The van der Waals surface area contributed by atoms with E-state index < -0.39 is 8.87 Å². The minimum Gasteiger partial charge on any atom is -0.319 e. The molecule has 0 aliphatic heterocycles. The van der Waals surface area contributed by atoms with Gasteiger partial charge in [0.15, 0.2) is 0 Å². The van der Waals surface area contributed by atoms with E-state index in [0.29, 0.717) is 12.3 Å². The largest absolute Gasteiger partial charge is 0.319 e. The minimum atomic E-state index is -2.90. The Labute approximate surface area is 90.0 Å². The van der Waals surface area contributed by atoms with Crippen molar-refractivity contribution < 1.29 is 8.42 Å². The van der Waals surface area contributed by atoms with Crippen LogP contribution >= 0.6 is 23.2 Å². The van der Waals surface area contributed by atoms with Crippen LogP contribution in [0.15, 0.2) is 0 Å². The first-order valence-corrected chi connectivity index (χ1v) is 6.94. The van der Waals surface area contributed by atoms with Gasteiger partial charge < -0.3 is 10.6 Å². The highest BCUT2D eigenvalue weighted by Crippen LogP contribution is 2.10. The van der Waals surface area contributed by atoms with Gasteiger partial charge in [-0.2, -0.15) is 0 Å². The van der Waals surface area contributed by atoms with Gasteiger partial charge in [0.2, 0.25) is 8.87 Å². The van der Waals surface area contributed by atoms with Crippen LogP contribution in [-0.4, -0.2) is 47.1 Å². The van der Waals surface area contributed by atoms with Gasteiger partial charge in [0.05, 0.1) is 5.75 Å². The van der Waals surface area contributed by atoms with E-state index in [1.54, 1.807) is 14.1 Å². The van der Waals surface area contributed by atoms with Crippen molar-refractivity contribution in [2.24, 2.45) is 0 Å². The first kappa shape index (κ1) is 16.0. The fourth-order valence-electron chi connectivity index (χ4n) is 0.557. The number of halogens is 1. The molecule has 0 aromatic rings. The molecule has 0 amide bonds. The monoisotopic (exact) mass is 248 g/mol. The van der Waals surface area contributed by atoms with Crippen LogP contribution < -0.4 is 10.6 Å². The van der Waals surface area contributed by atoms with Crippen LogP contribution in [0.4, 0.5) is 0 Å². The zero-order valence-corrected chi connectivity index (χ0v) is 10.3. The average Bonchev–Trinajstić information content (AvgIpc) is 2.01. The van der Waals surface area contributed by atoms with Crippen LogP contribution in [-0.2, 0) is 8.87 Å². The first-order valence-electron chi connectivity index (χ1n) is 3.78. The fourth-order valence-corrected chi connectivity index (χ4v) is 3.29. The lowest BCUT2D eigenvalue weighted by Crippen LogP contribution is -2.18. The second kappa shape index (κ2) is 9.08.